The highest BCUT2D eigenvalue weighted by molar-refractivity contribution is 7.09. The van der Waals surface area contributed by atoms with E-state index in [1.165, 1.54) is 4.88 Å². The number of para-hydroxylation sites is 1. The summed E-state index contributed by atoms with van der Waals surface area (Å²) in [4.78, 5) is 28.1. The summed E-state index contributed by atoms with van der Waals surface area (Å²) in [6.07, 6.45) is 0. The summed E-state index contributed by atoms with van der Waals surface area (Å²) in [7, 11) is 1.61. The summed E-state index contributed by atoms with van der Waals surface area (Å²) in [5, 5.41) is 6.60. The zero-order chi connectivity index (χ0) is 23.3. The van der Waals surface area contributed by atoms with Gasteiger partial charge in [-0.2, -0.15) is 0 Å². The summed E-state index contributed by atoms with van der Waals surface area (Å²) < 4.78 is 5.26. The lowest BCUT2D eigenvalue weighted by Crippen LogP contribution is -2.48. The first-order chi connectivity index (χ1) is 16.7. The lowest BCUT2D eigenvalue weighted by molar-refractivity contribution is 0.0625. The van der Waals surface area contributed by atoms with Crippen LogP contribution in [-0.2, 0) is 13.1 Å². The number of nitrogens with one attached hydrogen (secondary N) is 1. The molecule has 0 spiro atoms. The number of hydrogen-bond acceptors (Lipinski definition) is 7. The van der Waals surface area contributed by atoms with Gasteiger partial charge in [-0.05, 0) is 41.8 Å². The van der Waals surface area contributed by atoms with Gasteiger partial charge in [0.1, 0.15) is 17.4 Å². The summed E-state index contributed by atoms with van der Waals surface area (Å²) in [5.74, 6) is 2.39. The Morgan fingerprint density at radius 1 is 1.03 bits per heavy atom. The predicted octanol–water partition coefficient (Wildman–Crippen LogP) is 4.27. The average molecular weight is 474 g/mol. The average Bonchev–Trinajstić information content (AvgIpc) is 3.41. The number of methoxy groups -OCH3 is 1. The third-order valence-electron chi connectivity index (χ3n) is 6.00. The summed E-state index contributed by atoms with van der Waals surface area (Å²) in [5.41, 5.74) is 1.60. The number of hydrogen-bond donors (Lipinski definition) is 1. The van der Waals surface area contributed by atoms with Crippen LogP contribution in [0.4, 0.5) is 5.82 Å². The van der Waals surface area contributed by atoms with Gasteiger partial charge in [0.2, 0.25) is 0 Å². The van der Waals surface area contributed by atoms with Crippen molar-refractivity contribution in [3.63, 3.8) is 0 Å². The van der Waals surface area contributed by atoms with Crippen molar-refractivity contribution in [1.29, 1.82) is 0 Å². The Labute approximate surface area is 203 Å². The number of aromatic nitrogens is 2. The van der Waals surface area contributed by atoms with E-state index < -0.39 is 0 Å². The van der Waals surface area contributed by atoms with Crippen molar-refractivity contribution in [3.8, 4) is 5.75 Å². The van der Waals surface area contributed by atoms with E-state index in [1.807, 2.05) is 41.3 Å². The van der Waals surface area contributed by atoms with Crippen molar-refractivity contribution in [2.45, 2.75) is 13.1 Å². The smallest absolute Gasteiger partial charge is 0.254 e. The van der Waals surface area contributed by atoms with Crippen LogP contribution in [0.3, 0.4) is 0 Å². The van der Waals surface area contributed by atoms with E-state index in [2.05, 4.69) is 33.8 Å². The molecule has 2 aromatic heterocycles. The minimum absolute atomic E-state index is 0.0422. The number of ether oxygens (including phenoxy) is 1. The first kappa shape index (κ1) is 22.3. The molecule has 1 aliphatic heterocycles. The zero-order valence-corrected chi connectivity index (χ0v) is 19.9. The van der Waals surface area contributed by atoms with Gasteiger partial charge in [0.05, 0.1) is 25.7 Å². The molecule has 4 aromatic rings. The molecule has 0 unspecified atom stereocenters. The van der Waals surface area contributed by atoms with Crippen LogP contribution in [0.15, 0.2) is 66.0 Å². The van der Waals surface area contributed by atoms with Crippen LogP contribution in [0.25, 0.3) is 10.9 Å². The van der Waals surface area contributed by atoms with Gasteiger partial charge in [-0.1, -0.05) is 24.3 Å². The monoisotopic (exact) mass is 473 g/mol. The number of carbonyl (C=O) groups is 1. The lowest BCUT2D eigenvalue weighted by atomic mass is 10.1. The Morgan fingerprint density at radius 2 is 1.88 bits per heavy atom. The van der Waals surface area contributed by atoms with Crippen LogP contribution in [0.1, 0.15) is 21.1 Å². The van der Waals surface area contributed by atoms with Crippen LogP contribution in [0, 0.1) is 0 Å². The van der Waals surface area contributed by atoms with E-state index in [4.69, 9.17) is 14.7 Å². The number of amides is 1. The fourth-order valence-electron chi connectivity index (χ4n) is 4.16. The van der Waals surface area contributed by atoms with Gasteiger partial charge in [0.15, 0.2) is 0 Å². The molecule has 1 aliphatic rings. The van der Waals surface area contributed by atoms with E-state index in [0.717, 1.165) is 42.2 Å². The minimum atomic E-state index is 0.0422. The van der Waals surface area contributed by atoms with E-state index in [0.29, 0.717) is 30.9 Å². The Bertz CT molecular complexity index is 1270. The second kappa shape index (κ2) is 10.2. The van der Waals surface area contributed by atoms with Gasteiger partial charge in [-0.25, -0.2) is 9.97 Å². The molecule has 7 nitrogen and oxygen atoms in total. The molecule has 0 saturated carbocycles. The molecule has 174 valence electrons. The number of piperazine rings is 1. The van der Waals surface area contributed by atoms with E-state index in [-0.39, 0.29) is 5.91 Å². The maximum absolute atomic E-state index is 12.9. The molecular weight excluding hydrogens is 446 g/mol. The standard InChI is InChI=1S/C26H27N5O2S/c1-33-20-7-4-6-19(16-20)26(32)31-13-11-30(12-14-31)18-24-28-23-10-3-2-9-22(23)25(29-24)27-17-21-8-5-15-34-21/h2-10,15-16H,11-14,17-18H2,1H3,(H,27,28,29). The van der Waals surface area contributed by atoms with Gasteiger partial charge in [0, 0.05) is 42.0 Å². The number of nitrogens with zero attached hydrogens (tertiary/aromatic N) is 4. The molecule has 5 rings (SSSR count). The maximum atomic E-state index is 12.9. The van der Waals surface area contributed by atoms with Crippen molar-refractivity contribution in [2.75, 3.05) is 38.6 Å². The van der Waals surface area contributed by atoms with Crippen molar-refractivity contribution in [2.24, 2.45) is 0 Å². The molecule has 1 amide bonds. The van der Waals surface area contributed by atoms with Crippen LogP contribution < -0.4 is 10.1 Å². The molecule has 0 radical (unpaired) electrons. The van der Waals surface area contributed by atoms with Crippen LogP contribution in [-0.4, -0.2) is 59.0 Å². The van der Waals surface area contributed by atoms with Crippen molar-refractivity contribution < 1.29 is 9.53 Å². The lowest BCUT2D eigenvalue weighted by Gasteiger charge is -2.34. The highest BCUT2D eigenvalue weighted by Gasteiger charge is 2.23. The van der Waals surface area contributed by atoms with Crippen LogP contribution in [0.2, 0.25) is 0 Å². The molecule has 8 heteroatoms. The van der Waals surface area contributed by atoms with Crippen LogP contribution in [0.5, 0.6) is 5.75 Å². The molecule has 2 aromatic carbocycles. The first-order valence-corrected chi connectivity index (χ1v) is 12.2. The second-order valence-corrected chi connectivity index (χ2v) is 9.27. The highest BCUT2D eigenvalue weighted by atomic mass is 32.1. The van der Waals surface area contributed by atoms with E-state index in [1.54, 1.807) is 24.5 Å². The molecule has 34 heavy (non-hydrogen) atoms. The van der Waals surface area contributed by atoms with E-state index >= 15 is 0 Å². The maximum Gasteiger partial charge on any atom is 0.254 e. The second-order valence-electron chi connectivity index (χ2n) is 8.24. The molecular formula is C26H27N5O2S. The number of thiophene rings is 1. The topological polar surface area (TPSA) is 70.6 Å². The molecule has 0 bridgehead atoms. The SMILES string of the molecule is COc1cccc(C(=O)N2CCN(Cc3nc(NCc4cccs4)c4ccccc4n3)CC2)c1. The minimum Gasteiger partial charge on any atom is -0.497 e. The van der Waals surface area contributed by atoms with Crippen molar-refractivity contribution in [1.82, 2.24) is 19.8 Å². The third-order valence-corrected chi connectivity index (χ3v) is 6.88. The van der Waals surface area contributed by atoms with E-state index in [9.17, 15) is 4.79 Å². The van der Waals surface area contributed by atoms with Crippen molar-refractivity contribution in [3.05, 3.63) is 82.3 Å². The molecule has 1 saturated heterocycles. The molecule has 1 N–H and O–H groups in total. The Hall–Kier alpha value is -3.49. The zero-order valence-electron chi connectivity index (χ0n) is 19.1. The summed E-state index contributed by atoms with van der Waals surface area (Å²) in [6, 6.07) is 19.6. The number of anilines is 1. The van der Waals surface area contributed by atoms with Gasteiger partial charge in [0.25, 0.3) is 5.91 Å². The Morgan fingerprint density at radius 3 is 2.68 bits per heavy atom. The highest BCUT2D eigenvalue weighted by Crippen LogP contribution is 2.22. The Balaban J connectivity index is 1.25. The van der Waals surface area contributed by atoms with Gasteiger partial charge in [-0.15, -0.1) is 11.3 Å². The number of carbonyl (C=O) groups excluding carboxylic acids is 1. The van der Waals surface area contributed by atoms with Gasteiger partial charge in [-0.3, -0.25) is 9.69 Å². The summed E-state index contributed by atoms with van der Waals surface area (Å²) in [6.45, 7) is 4.30. The normalized spacial score (nSPS) is 14.3. The quantitative estimate of drug-likeness (QED) is 0.432. The number of fused-ring (bicyclic) bond motifs is 1. The Kier molecular flexibility index (Phi) is 6.69. The molecule has 0 atom stereocenters. The third kappa shape index (κ3) is 5.03. The number of rotatable bonds is 7. The fraction of sp³-hybridized carbons (Fsp3) is 0.269. The summed E-state index contributed by atoms with van der Waals surface area (Å²) >= 11 is 1.73. The molecule has 1 fully saturated rings. The largest absolute Gasteiger partial charge is 0.497 e. The fourth-order valence-corrected chi connectivity index (χ4v) is 4.81. The van der Waals surface area contributed by atoms with Crippen LogP contribution >= 0.6 is 11.3 Å². The van der Waals surface area contributed by atoms with Gasteiger partial charge >= 0.3 is 0 Å². The number of benzene rings is 2. The van der Waals surface area contributed by atoms with Gasteiger partial charge < -0.3 is 15.0 Å². The first-order valence-electron chi connectivity index (χ1n) is 11.4. The molecule has 3 heterocycles. The molecule has 0 aliphatic carbocycles. The van der Waals surface area contributed by atoms with Crippen molar-refractivity contribution >= 4 is 34.0 Å². The predicted molar refractivity (Wildman–Crippen MR) is 135 cm³/mol.